The predicted octanol–water partition coefficient (Wildman–Crippen LogP) is 2.80. The molecule has 0 radical (unpaired) electrons. The number of rotatable bonds is 3. The number of nitro benzene ring substituents is 1. The highest BCUT2D eigenvalue weighted by Crippen LogP contribution is 2.31. The zero-order chi connectivity index (χ0) is 18.0. The first-order valence-corrected chi connectivity index (χ1v) is 8.71. The zero-order valence-corrected chi connectivity index (χ0v) is 14.5. The molecule has 0 N–H and O–H groups in total. The lowest BCUT2D eigenvalue weighted by Gasteiger charge is -2.36. The summed E-state index contributed by atoms with van der Waals surface area (Å²) in [7, 11) is 0. The summed E-state index contributed by atoms with van der Waals surface area (Å²) in [6.45, 7) is 3.92. The van der Waals surface area contributed by atoms with E-state index < -0.39 is 4.92 Å². The summed E-state index contributed by atoms with van der Waals surface area (Å²) in [5.74, 6) is 0.00868. The Balaban J connectivity index is 1.79. The van der Waals surface area contributed by atoms with Crippen molar-refractivity contribution in [2.24, 2.45) is 0 Å². The van der Waals surface area contributed by atoms with Gasteiger partial charge in [0.2, 0.25) is 0 Å². The van der Waals surface area contributed by atoms with Gasteiger partial charge in [-0.25, -0.2) is 0 Å². The molecule has 128 valence electrons. The molecule has 1 fully saturated rings. The molecule has 0 unspecified atom stereocenters. The van der Waals surface area contributed by atoms with Crippen molar-refractivity contribution in [2.45, 2.75) is 6.92 Å². The monoisotopic (exact) mass is 356 g/mol. The van der Waals surface area contributed by atoms with E-state index in [9.17, 15) is 14.9 Å². The van der Waals surface area contributed by atoms with Crippen molar-refractivity contribution >= 4 is 28.6 Å². The molecule has 0 bridgehead atoms. The molecule has 1 saturated heterocycles. The zero-order valence-electron chi connectivity index (χ0n) is 13.6. The number of thiophene rings is 1. The number of piperazine rings is 1. The van der Waals surface area contributed by atoms with Gasteiger partial charge in [0.15, 0.2) is 0 Å². The lowest BCUT2D eigenvalue weighted by molar-refractivity contribution is -0.385. The highest BCUT2D eigenvalue weighted by molar-refractivity contribution is 7.08. The third kappa shape index (κ3) is 3.32. The van der Waals surface area contributed by atoms with Crippen LogP contribution in [-0.4, -0.2) is 41.9 Å². The molecule has 1 aliphatic heterocycles. The second-order valence-corrected chi connectivity index (χ2v) is 6.58. The number of carbonyl (C=O) groups excluding carboxylic acids is 1. The van der Waals surface area contributed by atoms with Crippen LogP contribution in [0.25, 0.3) is 0 Å². The number of carbonyl (C=O) groups is 1. The van der Waals surface area contributed by atoms with Crippen molar-refractivity contribution in [2.75, 3.05) is 31.1 Å². The highest BCUT2D eigenvalue weighted by Gasteiger charge is 2.26. The van der Waals surface area contributed by atoms with Crippen LogP contribution in [-0.2, 0) is 0 Å². The van der Waals surface area contributed by atoms with Gasteiger partial charge in [0.05, 0.1) is 27.7 Å². The van der Waals surface area contributed by atoms with Crippen LogP contribution < -0.4 is 4.90 Å². The Morgan fingerprint density at radius 2 is 2.04 bits per heavy atom. The second-order valence-electron chi connectivity index (χ2n) is 5.80. The fourth-order valence-electron chi connectivity index (χ4n) is 2.99. The Labute approximate surface area is 148 Å². The lowest BCUT2D eigenvalue weighted by Crippen LogP contribution is -2.49. The van der Waals surface area contributed by atoms with Crippen LogP contribution in [0.5, 0.6) is 0 Å². The van der Waals surface area contributed by atoms with Gasteiger partial charge in [-0.2, -0.15) is 16.6 Å². The molecule has 2 heterocycles. The van der Waals surface area contributed by atoms with Gasteiger partial charge in [0.25, 0.3) is 11.6 Å². The summed E-state index contributed by atoms with van der Waals surface area (Å²) in [6.07, 6.45) is 0. The number of benzene rings is 1. The number of nitrogens with zero attached hydrogens (tertiary/aromatic N) is 4. The molecule has 25 heavy (non-hydrogen) atoms. The highest BCUT2D eigenvalue weighted by atomic mass is 32.1. The Kier molecular flexibility index (Phi) is 4.67. The molecule has 1 aliphatic rings. The van der Waals surface area contributed by atoms with E-state index in [1.54, 1.807) is 17.9 Å². The van der Waals surface area contributed by atoms with Gasteiger partial charge in [-0.1, -0.05) is 0 Å². The molecule has 3 rings (SSSR count). The molecule has 7 nitrogen and oxygen atoms in total. The molecule has 8 heteroatoms. The van der Waals surface area contributed by atoms with Crippen molar-refractivity contribution in [3.8, 4) is 6.07 Å². The third-order valence-corrected chi connectivity index (χ3v) is 5.04. The number of hydrogen-bond donors (Lipinski definition) is 0. The Hall–Kier alpha value is -2.92. The minimum Gasteiger partial charge on any atom is -0.368 e. The van der Waals surface area contributed by atoms with Gasteiger partial charge >= 0.3 is 0 Å². The van der Waals surface area contributed by atoms with Gasteiger partial charge in [-0.3, -0.25) is 14.9 Å². The molecular weight excluding hydrogens is 340 g/mol. The summed E-state index contributed by atoms with van der Waals surface area (Å²) < 4.78 is 0. The van der Waals surface area contributed by atoms with Crippen molar-refractivity contribution in [3.63, 3.8) is 0 Å². The van der Waals surface area contributed by atoms with E-state index >= 15 is 0 Å². The largest absolute Gasteiger partial charge is 0.368 e. The van der Waals surface area contributed by atoms with E-state index in [0.717, 1.165) is 0 Å². The summed E-state index contributed by atoms with van der Waals surface area (Å²) >= 11 is 1.49. The summed E-state index contributed by atoms with van der Waals surface area (Å²) in [5.41, 5.74) is 2.14. The Bertz CT molecular complexity index is 850. The molecule has 2 aromatic rings. The topological polar surface area (TPSA) is 90.5 Å². The van der Waals surface area contributed by atoms with Crippen molar-refractivity contribution in [1.82, 2.24) is 4.90 Å². The molecule has 1 amide bonds. The normalized spacial score (nSPS) is 14.2. The maximum absolute atomic E-state index is 12.4. The van der Waals surface area contributed by atoms with Crippen LogP contribution in [0.2, 0.25) is 0 Å². The quantitative estimate of drug-likeness (QED) is 0.623. The minimum atomic E-state index is -0.462. The standard InChI is InChI=1S/C17H16N4O3S/c1-12-15(8-13(10-18)9-16(12)21(23)24)19-3-5-20(6-4-19)17(22)14-2-7-25-11-14/h2,7-9,11H,3-6H2,1H3. The Morgan fingerprint density at radius 1 is 1.32 bits per heavy atom. The number of hydrogen-bond acceptors (Lipinski definition) is 6. The number of anilines is 1. The van der Waals surface area contributed by atoms with Gasteiger partial charge < -0.3 is 9.80 Å². The van der Waals surface area contributed by atoms with E-state index in [0.29, 0.717) is 43.0 Å². The van der Waals surface area contributed by atoms with E-state index in [1.807, 2.05) is 27.8 Å². The maximum atomic E-state index is 12.4. The maximum Gasteiger partial charge on any atom is 0.275 e. The van der Waals surface area contributed by atoms with Gasteiger partial charge in [-0.05, 0) is 24.4 Å². The fourth-order valence-corrected chi connectivity index (χ4v) is 3.62. The Morgan fingerprint density at radius 3 is 2.60 bits per heavy atom. The number of amides is 1. The first-order valence-electron chi connectivity index (χ1n) is 7.77. The predicted molar refractivity (Wildman–Crippen MR) is 95.0 cm³/mol. The SMILES string of the molecule is Cc1c(N2CCN(C(=O)c3ccsc3)CC2)cc(C#N)cc1[N+](=O)[O-]. The number of nitro groups is 1. The van der Waals surface area contributed by atoms with Gasteiger partial charge in [0, 0.05) is 43.3 Å². The van der Waals surface area contributed by atoms with Crippen LogP contribution in [0.1, 0.15) is 21.5 Å². The molecule has 0 spiro atoms. The van der Waals surface area contributed by atoms with E-state index in [4.69, 9.17) is 5.26 Å². The number of nitriles is 1. The average Bonchev–Trinajstić information content (AvgIpc) is 3.16. The van der Waals surface area contributed by atoms with Crippen molar-refractivity contribution in [1.29, 1.82) is 5.26 Å². The van der Waals surface area contributed by atoms with E-state index in [2.05, 4.69) is 0 Å². The van der Waals surface area contributed by atoms with Crippen LogP contribution in [0.15, 0.2) is 29.0 Å². The van der Waals surface area contributed by atoms with Gasteiger partial charge in [0.1, 0.15) is 0 Å². The molecule has 1 aromatic carbocycles. The molecule has 1 aromatic heterocycles. The summed E-state index contributed by atoms with van der Waals surface area (Å²) in [4.78, 5) is 26.9. The lowest BCUT2D eigenvalue weighted by atomic mass is 10.1. The smallest absolute Gasteiger partial charge is 0.275 e. The minimum absolute atomic E-state index is 0.00868. The van der Waals surface area contributed by atoms with Crippen LogP contribution in [0, 0.1) is 28.4 Å². The average molecular weight is 356 g/mol. The molecule has 0 atom stereocenters. The fraction of sp³-hybridized carbons (Fsp3) is 0.294. The van der Waals surface area contributed by atoms with E-state index in [1.165, 1.54) is 17.4 Å². The first-order chi connectivity index (χ1) is 12.0. The van der Waals surface area contributed by atoms with Crippen LogP contribution in [0.4, 0.5) is 11.4 Å². The molecule has 0 aliphatic carbocycles. The van der Waals surface area contributed by atoms with Crippen molar-refractivity contribution < 1.29 is 9.72 Å². The third-order valence-electron chi connectivity index (χ3n) is 4.35. The molecular formula is C17H16N4O3S. The van der Waals surface area contributed by atoms with Gasteiger partial charge in [-0.15, -0.1) is 0 Å². The van der Waals surface area contributed by atoms with Crippen LogP contribution in [0.3, 0.4) is 0 Å². The summed E-state index contributed by atoms with van der Waals surface area (Å²) in [5, 5.41) is 24.1. The van der Waals surface area contributed by atoms with Crippen molar-refractivity contribution in [3.05, 3.63) is 55.8 Å². The second kappa shape index (κ2) is 6.91. The first kappa shape index (κ1) is 16.9. The van der Waals surface area contributed by atoms with Crippen LogP contribution >= 0.6 is 11.3 Å². The summed E-state index contributed by atoms with van der Waals surface area (Å²) in [6, 6.07) is 6.77. The van der Waals surface area contributed by atoms with E-state index in [-0.39, 0.29) is 17.2 Å². The molecule has 0 saturated carbocycles.